The van der Waals surface area contributed by atoms with Crippen LogP contribution in [0.2, 0.25) is 0 Å². The number of amides is 3. The molecule has 0 aromatic heterocycles. The van der Waals surface area contributed by atoms with Crippen LogP contribution < -0.4 is 27.0 Å². The van der Waals surface area contributed by atoms with Gasteiger partial charge >= 0.3 is 6.03 Å². The Balaban J connectivity index is 1.64. The molecule has 0 spiro atoms. The second kappa shape index (κ2) is 8.41. The Hall–Kier alpha value is -3.36. The highest BCUT2D eigenvalue weighted by atomic mass is 19.1. The summed E-state index contributed by atoms with van der Waals surface area (Å²) in [5.41, 5.74) is 7.54. The average Bonchev–Trinajstić information content (AvgIpc) is 3.28. The number of hydrogen-bond donors (Lipinski definition) is 5. The zero-order valence-corrected chi connectivity index (χ0v) is 17.3. The molecular weight excluding hydrogens is 399 g/mol. The van der Waals surface area contributed by atoms with Crippen LogP contribution in [0, 0.1) is 17.8 Å². The number of benzene rings is 1. The van der Waals surface area contributed by atoms with Crippen molar-refractivity contribution in [2.24, 2.45) is 28.5 Å². The van der Waals surface area contributed by atoms with Gasteiger partial charge in [-0.2, -0.15) is 0 Å². The van der Waals surface area contributed by atoms with Gasteiger partial charge in [0.2, 0.25) is 5.91 Å². The quantitative estimate of drug-likeness (QED) is 0.472. The van der Waals surface area contributed by atoms with Gasteiger partial charge in [0, 0.05) is 35.9 Å². The Morgan fingerprint density at radius 1 is 1.29 bits per heavy atom. The van der Waals surface area contributed by atoms with E-state index in [2.05, 4.69) is 32.8 Å². The SMILES string of the molecule is C=C1/N=C\C(F)=C(/C)NC2C3CC(CC3NC(=O)NCc3cccc(c3)N1)C2C(N)=O. The summed E-state index contributed by atoms with van der Waals surface area (Å²) in [5, 5.41) is 12.0. The van der Waals surface area contributed by atoms with E-state index in [0.717, 1.165) is 23.9 Å². The zero-order valence-electron chi connectivity index (χ0n) is 17.3. The van der Waals surface area contributed by atoms with Gasteiger partial charge in [0.1, 0.15) is 5.82 Å². The number of halogens is 1. The van der Waals surface area contributed by atoms with Crippen LogP contribution in [0.4, 0.5) is 14.9 Å². The molecule has 3 amide bonds. The van der Waals surface area contributed by atoms with Gasteiger partial charge in [0.15, 0.2) is 5.83 Å². The second-order valence-corrected chi connectivity index (χ2v) is 8.43. The number of allylic oxidation sites excluding steroid dienone is 2. The number of carbonyl (C=O) groups excluding carboxylic acids is 2. The van der Waals surface area contributed by atoms with Gasteiger partial charge in [-0.05, 0) is 43.4 Å². The first-order valence-electron chi connectivity index (χ1n) is 10.4. The average molecular weight is 426 g/mol. The summed E-state index contributed by atoms with van der Waals surface area (Å²) >= 11 is 0. The van der Waals surface area contributed by atoms with Gasteiger partial charge in [-0.25, -0.2) is 14.2 Å². The lowest BCUT2D eigenvalue weighted by molar-refractivity contribution is -0.124. The fourth-order valence-electron chi connectivity index (χ4n) is 5.04. The molecule has 2 fully saturated rings. The zero-order chi connectivity index (χ0) is 22.1. The Morgan fingerprint density at radius 2 is 2.10 bits per heavy atom. The third-order valence-electron chi connectivity index (χ3n) is 6.39. The van der Waals surface area contributed by atoms with Gasteiger partial charge in [-0.15, -0.1) is 0 Å². The van der Waals surface area contributed by atoms with E-state index in [1.54, 1.807) is 6.92 Å². The van der Waals surface area contributed by atoms with Crippen molar-refractivity contribution in [1.29, 1.82) is 0 Å². The molecule has 6 N–H and O–H groups in total. The molecule has 1 aromatic carbocycles. The number of aliphatic imine (C=N–C) groups is 1. The molecule has 5 atom stereocenters. The molecule has 2 aliphatic carbocycles. The van der Waals surface area contributed by atoms with Crippen LogP contribution in [0.25, 0.3) is 0 Å². The van der Waals surface area contributed by atoms with Gasteiger partial charge in [0.05, 0.1) is 12.1 Å². The van der Waals surface area contributed by atoms with Crippen LogP contribution in [0.3, 0.4) is 0 Å². The van der Waals surface area contributed by atoms with Gasteiger partial charge in [0.25, 0.3) is 0 Å². The molecule has 0 radical (unpaired) electrons. The number of nitrogens with zero attached hydrogens (tertiary/aromatic N) is 1. The third kappa shape index (κ3) is 4.40. The van der Waals surface area contributed by atoms with Crippen LogP contribution in [0.5, 0.6) is 0 Å². The highest BCUT2D eigenvalue weighted by molar-refractivity contribution is 5.80. The molecule has 2 saturated carbocycles. The van der Waals surface area contributed by atoms with Gasteiger partial charge < -0.3 is 27.0 Å². The minimum atomic E-state index is -0.561. The molecule has 1 aliphatic heterocycles. The predicted octanol–water partition coefficient (Wildman–Crippen LogP) is 2.12. The van der Waals surface area contributed by atoms with E-state index in [-0.39, 0.29) is 41.5 Å². The predicted molar refractivity (Wildman–Crippen MR) is 116 cm³/mol. The molecule has 1 aromatic rings. The summed E-state index contributed by atoms with van der Waals surface area (Å²) in [6, 6.07) is 6.69. The Morgan fingerprint density at radius 3 is 2.87 bits per heavy atom. The number of carbonyl (C=O) groups is 2. The standard InChI is InChI=1S/C22H27FN6O2/c1-11-17(23)10-25-12(2)28-15-5-3-4-13(6-15)9-26-22(31)29-18-8-14-7-16(18)20(27-11)19(14)21(24)30/h3-6,10,14,16,18-20,27-28H,2,7-9H2,1H3,(H2,24,30)(H2,26,29,31)/b17-11-,25-10-. The monoisotopic (exact) mass is 426 g/mol. The van der Waals surface area contributed by atoms with E-state index in [4.69, 9.17) is 5.73 Å². The van der Waals surface area contributed by atoms with E-state index in [1.807, 2.05) is 24.3 Å². The smallest absolute Gasteiger partial charge is 0.315 e. The van der Waals surface area contributed by atoms with Crippen molar-refractivity contribution in [3.63, 3.8) is 0 Å². The fourth-order valence-corrected chi connectivity index (χ4v) is 5.04. The summed E-state index contributed by atoms with van der Waals surface area (Å²) in [6.07, 6.45) is 2.52. The third-order valence-corrected chi connectivity index (χ3v) is 6.39. The Bertz CT molecular complexity index is 975. The molecule has 0 saturated heterocycles. The number of hydrogen-bond acceptors (Lipinski definition) is 5. The molecule has 3 aliphatic rings. The van der Waals surface area contributed by atoms with E-state index < -0.39 is 17.7 Å². The van der Waals surface area contributed by atoms with Gasteiger partial charge in [-0.1, -0.05) is 18.7 Å². The molecule has 5 unspecified atom stereocenters. The summed E-state index contributed by atoms with van der Waals surface area (Å²) in [7, 11) is 0. The number of primary amides is 1. The van der Waals surface area contributed by atoms with Crippen LogP contribution in [0.15, 0.2) is 53.2 Å². The van der Waals surface area contributed by atoms with Crippen molar-refractivity contribution >= 4 is 23.8 Å². The second-order valence-electron chi connectivity index (χ2n) is 8.43. The van der Waals surface area contributed by atoms with Crippen LogP contribution in [0.1, 0.15) is 25.3 Å². The normalized spacial score (nSPS) is 34.1. The fraction of sp³-hybridized carbons (Fsp3) is 0.409. The lowest BCUT2D eigenvalue weighted by atomic mass is 9.81. The first kappa shape index (κ1) is 20.9. The van der Waals surface area contributed by atoms with Crippen molar-refractivity contribution in [2.75, 3.05) is 5.32 Å². The summed E-state index contributed by atoms with van der Waals surface area (Å²) < 4.78 is 14.7. The van der Waals surface area contributed by atoms with Gasteiger partial charge in [-0.3, -0.25) is 4.79 Å². The molecule has 4 bridgehead atoms. The summed E-state index contributed by atoms with van der Waals surface area (Å²) in [6.45, 7) is 5.74. The Kier molecular flexibility index (Phi) is 5.67. The first-order chi connectivity index (χ1) is 14.8. The number of nitrogens with one attached hydrogen (secondary N) is 4. The summed E-state index contributed by atoms with van der Waals surface area (Å²) in [4.78, 5) is 28.7. The Labute approximate surface area is 180 Å². The topological polar surface area (TPSA) is 121 Å². The van der Waals surface area contributed by atoms with Crippen molar-refractivity contribution in [3.05, 3.63) is 53.8 Å². The van der Waals surface area contributed by atoms with E-state index in [9.17, 15) is 14.0 Å². The molecule has 164 valence electrons. The van der Waals surface area contributed by atoms with Crippen LogP contribution in [-0.4, -0.2) is 30.2 Å². The molecule has 8 nitrogen and oxygen atoms in total. The van der Waals surface area contributed by atoms with Crippen LogP contribution in [-0.2, 0) is 11.3 Å². The number of fused-ring (bicyclic) bond motifs is 3. The number of nitrogens with two attached hydrogens (primary N) is 1. The highest BCUT2D eigenvalue weighted by Crippen LogP contribution is 2.49. The van der Waals surface area contributed by atoms with Crippen molar-refractivity contribution in [3.8, 4) is 0 Å². The largest absolute Gasteiger partial charge is 0.382 e. The van der Waals surface area contributed by atoms with E-state index in [0.29, 0.717) is 13.0 Å². The van der Waals surface area contributed by atoms with E-state index in [1.165, 1.54) is 0 Å². The molecule has 4 rings (SSSR count). The van der Waals surface area contributed by atoms with Crippen molar-refractivity contribution in [2.45, 2.75) is 38.4 Å². The minimum Gasteiger partial charge on any atom is -0.382 e. The van der Waals surface area contributed by atoms with Crippen molar-refractivity contribution in [1.82, 2.24) is 16.0 Å². The lowest BCUT2D eigenvalue weighted by Crippen LogP contribution is -2.55. The molecular formula is C22H27FN6O2. The molecule has 1 heterocycles. The maximum absolute atomic E-state index is 14.7. The minimum absolute atomic E-state index is 0.0245. The first-order valence-corrected chi connectivity index (χ1v) is 10.4. The lowest BCUT2D eigenvalue weighted by Gasteiger charge is -2.36. The molecule has 9 heteroatoms. The van der Waals surface area contributed by atoms with E-state index >= 15 is 0 Å². The van der Waals surface area contributed by atoms with Crippen molar-refractivity contribution < 1.29 is 14.0 Å². The molecule has 31 heavy (non-hydrogen) atoms. The summed E-state index contributed by atoms with van der Waals surface area (Å²) in [5.74, 6) is -1.08. The maximum atomic E-state index is 14.7. The highest BCUT2D eigenvalue weighted by Gasteiger charge is 2.55. The number of rotatable bonds is 1. The van der Waals surface area contributed by atoms with Crippen LogP contribution >= 0.6 is 0 Å². The number of anilines is 1. The number of urea groups is 1. The maximum Gasteiger partial charge on any atom is 0.315 e.